The van der Waals surface area contributed by atoms with Gasteiger partial charge in [0.05, 0.1) is 26.3 Å². The molecule has 4 rings (SSSR count). The van der Waals surface area contributed by atoms with Gasteiger partial charge in [0.2, 0.25) is 5.78 Å². The maximum Gasteiger partial charge on any atom is 0.332 e. The van der Waals surface area contributed by atoms with E-state index >= 15 is 0 Å². The van der Waals surface area contributed by atoms with E-state index in [4.69, 9.17) is 4.74 Å². The van der Waals surface area contributed by atoms with Crippen LogP contribution in [0.3, 0.4) is 0 Å². The standard InChI is InChI=1S/C21H23N5O5/c1-12-13(2)26-17-18(22-20(26)25(12)14-7-6-8-15(11-14)30-4)23(3)21(29)24(19(17)28)10-9-16(27)31-5/h6-8,11H,9-10H2,1-5H3. The van der Waals surface area contributed by atoms with Crippen LogP contribution in [0.4, 0.5) is 0 Å². The van der Waals surface area contributed by atoms with Crippen LogP contribution in [0, 0.1) is 13.8 Å². The SMILES string of the molecule is COC(=O)CCn1c(=O)c2c(nc3n(-c4cccc(OC)c4)c(C)c(C)n23)n(C)c1=O. The molecule has 0 atom stereocenters. The molecule has 0 aliphatic carbocycles. The van der Waals surface area contributed by atoms with Gasteiger partial charge in [0, 0.05) is 31.0 Å². The van der Waals surface area contributed by atoms with Gasteiger partial charge in [-0.2, -0.15) is 4.98 Å². The zero-order valence-corrected chi connectivity index (χ0v) is 18.0. The first-order valence-corrected chi connectivity index (χ1v) is 9.71. The Kier molecular flexibility index (Phi) is 4.92. The maximum absolute atomic E-state index is 13.3. The average Bonchev–Trinajstić information content (AvgIpc) is 3.27. The number of carbonyl (C=O) groups is 1. The Balaban J connectivity index is 2.05. The molecule has 4 aromatic rings. The summed E-state index contributed by atoms with van der Waals surface area (Å²) in [7, 11) is 4.42. The van der Waals surface area contributed by atoms with E-state index in [1.807, 2.05) is 42.7 Å². The van der Waals surface area contributed by atoms with E-state index in [-0.39, 0.29) is 24.1 Å². The number of aryl methyl sites for hydroxylation is 2. The highest BCUT2D eigenvalue weighted by molar-refractivity contribution is 5.77. The Morgan fingerprint density at radius 2 is 1.87 bits per heavy atom. The van der Waals surface area contributed by atoms with E-state index in [2.05, 4.69) is 9.72 Å². The fourth-order valence-corrected chi connectivity index (χ4v) is 3.81. The molecule has 3 aromatic heterocycles. The van der Waals surface area contributed by atoms with Crippen molar-refractivity contribution in [2.45, 2.75) is 26.8 Å². The topological polar surface area (TPSA) is 102 Å². The molecule has 0 fully saturated rings. The van der Waals surface area contributed by atoms with Crippen molar-refractivity contribution in [3.63, 3.8) is 0 Å². The Morgan fingerprint density at radius 1 is 1.13 bits per heavy atom. The smallest absolute Gasteiger partial charge is 0.332 e. The zero-order valence-electron chi connectivity index (χ0n) is 18.0. The van der Waals surface area contributed by atoms with Crippen LogP contribution >= 0.6 is 0 Å². The Labute approximate surface area is 176 Å². The molecule has 0 unspecified atom stereocenters. The number of methoxy groups -OCH3 is 2. The van der Waals surface area contributed by atoms with Crippen molar-refractivity contribution in [2.24, 2.45) is 7.05 Å². The van der Waals surface area contributed by atoms with Gasteiger partial charge in [-0.3, -0.25) is 27.7 Å². The Hall–Kier alpha value is -3.82. The third-order valence-corrected chi connectivity index (χ3v) is 5.60. The van der Waals surface area contributed by atoms with Crippen molar-refractivity contribution in [2.75, 3.05) is 14.2 Å². The van der Waals surface area contributed by atoms with E-state index in [0.717, 1.165) is 21.6 Å². The summed E-state index contributed by atoms with van der Waals surface area (Å²) in [6, 6.07) is 7.51. The third-order valence-electron chi connectivity index (χ3n) is 5.60. The minimum atomic E-state index is -0.538. The van der Waals surface area contributed by atoms with Gasteiger partial charge in [-0.15, -0.1) is 0 Å². The summed E-state index contributed by atoms with van der Waals surface area (Å²) in [5.41, 5.74) is 2.05. The predicted octanol–water partition coefficient (Wildman–Crippen LogP) is 1.33. The normalized spacial score (nSPS) is 11.4. The lowest BCUT2D eigenvalue weighted by atomic mass is 10.3. The summed E-state index contributed by atoms with van der Waals surface area (Å²) >= 11 is 0. The lowest BCUT2D eigenvalue weighted by molar-refractivity contribution is -0.140. The molecule has 0 bridgehead atoms. The molecule has 0 aliphatic rings. The second-order valence-electron chi connectivity index (χ2n) is 7.25. The van der Waals surface area contributed by atoms with Gasteiger partial charge in [0.25, 0.3) is 5.56 Å². The number of imidazole rings is 2. The maximum atomic E-state index is 13.3. The van der Waals surface area contributed by atoms with Gasteiger partial charge in [-0.1, -0.05) is 6.07 Å². The van der Waals surface area contributed by atoms with E-state index in [9.17, 15) is 14.4 Å². The van der Waals surface area contributed by atoms with Crippen LogP contribution in [0.2, 0.25) is 0 Å². The highest BCUT2D eigenvalue weighted by Gasteiger charge is 2.23. The van der Waals surface area contributed by atoms with Crippen LogP contribution in [-0.2, 0) is 23.1 Å². The third kappa shape index (κ3) is 3.02. The number of fused-ring (bicyclic) bond motifs is 3. The molecule has 0 amide bonds. The highest BCUT2D eigenvalue weighted by Crippen LogP contribution is 2.26. The van der Waals surface area contributed by atoms with Crippen molar-refractivity contribution in [1.29, 1.82) is 0 Å². The van der Waals surface area contributed by atoms with Gasteiger partial charge < -0.3 is 9.47 Å². The molecule has 0 spiro atoms. The van der Waals surface area contributed by atoms with Crippen molar-refractivity contribution in [3.8, 4) is 11.4 Å². The monoisotopic (exact) mass is 425 g/mol. The number of rotatable bonds is 5. The number of carbonyl (C=O) groups excluding carboxylic acids is 1. The molecule has 162 valence electrons. The number of ether oxygens (including phenoxy) is 2. The Morgan fingerprint density at radius 3 is 2.55 bits per heavy atom. The van der Waals surface area contributed by atoms with Gasteiger partial charge in [-0.25, -0.2) is 4.79 Å². The van der Waals surface area contributed by atoms with Crippen LogP contribution in [-0.4, -0.2) is 43.3 Å². The number of hydrogen-bond donors (Lipinski definition) is 0. The molecular weight excluding hydrogens is 402 g/mol. The number of hydrogen-bond acceptors (Lipinski definition) is 6. The van der Waals surface area contributed by atoms with Crippen molar-refractivity contribution in [3.05, 3.63) is 56.5 Å². The number of benzene rings is 1. The molecule has 1 aromatic carbocycles. The summed E-state index contributed by atoms with van der Waals surface area (Å²) in [5, 5.41) is 0. The number of nitrogens with zero attached hydrogens (tertiary/aromatic N) is 5. The molecule has 0 radical (unpaired) electrons. The van der Waals surface area contributed by atoms with Crippen LogP contribution in [0.1, 0.15) is 17.8 Å². The first-order valence-electron chi connectivity index (χ1n) is 9.71. The lowest BCUT2D eigenvalue weighted by Gasteiger charge is -2.09. The molecule has 3 heterocycles. The number of aromatic nitrogens is 5. The van der Waals surface area contributed by atoms with Crippen molar-refractivity contribution in [1.82, 2.24) is 23.1 Å². The van der Waals surface area contributed by atoms with Crippen molar-refractivity contribution >= 4 is 22.9 Å². The first-order chi connectivity index (χ1) is 14.8. The minimum Gasteiger partial charge on any atom is -0.497 e. The molecule has 0 N–H and O–H groups in total. The molecule has 10 nitrogen and oxygen atoms in total. The first kappa shape index (κ1) is 20.5. The van der Waals surface area contributed by atoms with Crippen molar-refractivity contribution < 1.29 is 14.3 Å². The lowest BCUT2D eigenvalue weighted by Crippen LogP contribution is -2.40. The van der Waals surface area contributed by atoms with E-state index < -0.39 is 17.2 Å². The van der Waals surface area contributed by atoms with Crippen LogP contribution in [0.5, 0.6) is 5.75 Å². The van der Waals surface area contributed by atoms with E-state index in [0.29, 0.717) is 11.5 Å². The second-order valence-corrected chi connectivity index (χ2v) is 7.25. The highest BCUT2D eigenvalue weighted by atomic mass is 16.5. The molecule has 0 aliphatic heterocycles. The van der Waals surface area contributed by atoms with Gasteiger partial charge in [-0.05, 0) is 26.0 Å². The summed E-state index contributed by atoms with van der Waals surface area (Å²) in [6.07, 6.45) is -0.0814. The average molecular weight is 425 g/mol. The molecule has 31 heavy (non-hydrogen) atoms. The zero-order chi connectivity index (χ0) is 22.4. The molecule has 10 heteroatoms. The predicted molar refractivity (Wildman–Crippen MR) is 114 cm³/mol. The minimum absolute atomic E-state index is 0.0734. The van der Waals surface area contributed by atoms with Gasteiger partial charge in [0.1, 0.15) is 5.75 Å². The molecule has 0 saturated carbocycles. The summed E-state index contributed by atoms with van der Waals surface area (Å²) in [6.45, 7) is 3.76. The van der Waals surface area contributed by atoms with Gasteiger partial charge >= 0.3 is 11.7 Å². The molecule has 0 saturated heterocycles. The summed E-state index contributed by atoms with van der Waals surface area (Å²) in [5.74, 6) is 0.704. The Bertz CT molecular complexity index is 1450. The van der Waals surface area contributed by atoms with Crippen LogP contribution < -0.4 is 16.0 Å². The van der Waals surface area contributed by atoms with E-state index in [1.54, 1.807) is 18.6 Å². The number of esters is 1. The van der Waals surface area contributed by atoms with Crippen LogP contribution in [0.25, 0.3) is 22.6 Å². The summed E-state index contributed by atoms with van der Waals surface area (Å²) < 4.78 is 16.0. The van der Waals surface area contributed by atoms with Gasteiger partial charge in [0.15, 0.2) is 11.2 Å². The fraction of sp³-hybridized carbons (Fsp3) is 0.333. The largest absolute Gasteiger partial charge is 0.497 e. The summed E-state index contributed by atoms with van der Waals surface area (Å²) in [4.78, 5) is 42.3. The quantitative estimate of drug-likeness (QED) is 0.447. The molecular formula is C21H23N5O5. The van der Waals surface area contributed by atoms with E-state index in [1.165, 1.54) is 11.7 Å². The van der Waals surface area contributed by atoms with Crippen LogP contribution in [0.15, 0.2) is 33.9 Å². The second kappa shape index (κ2) is 7.46. The fourth-order valence-electron chi connectivity index (χ4n) is 3.81.